The van der Waals surface area contributed by atoms with Crippen LogP contribution in [-0.2, 0) is 13.0 Å². The van der Waals surface area contributed by atoms with Crippen LogP contribution in [0, 0.1) is 5.82 Å². The predicted molar refractivity (Wildman–Crippen MR) is 125 cm³/mol. The Morgan fingerprint density at radius 2 is 1.55 bits per heavy atom. The SMILES string of the molecule is O=C(c1ccc2ccccc2c1)N(CCc1ccc(Cl)cc1Cl)Cc1ccccc1F. The minimum Gasteiger partial charge on any atom is -0.334 e. The predicted octanol–water partition coefficient (Wildman–Crippen LogP) is 7.17. The van der Waals surface area contributed by atoms with Crippen LogP contribution in [0.5, 0.6) is 0 Å². The second kappa shape index (κ2) is 9.51. The molecule has 0 atom stereocenters. The summed E-state index contributed by atoms with van der Waals surface area (Å²) in [7, 11) is 0. The maximum atomic E-state index is 14.3. The van der Waals surface area contributed by atoms with Crippen molar-refractivity contribution in [1.82, 2.24) is 4.90 Å². The van der Waals surface area contributed by atoms with Crippen LogP contribution in [0.15, 0.2) is 84.9 Å². The molecule has 0 bridgehead atoms. The molecule has 0 aromatic heterocycles. The van der Waals surface area contributed by atoms with E-state index in [0.29, 0.717) is 34.1 Å². The van der Waals surface area contributed by atoms with E-state index >= 15 is 0 Å². The third-order valence-electron chi connectivity index (χ3n) is 5.27. The maximum Gasteiger partial charge on any atom is 0.254 e. The summed E-state index contributed by atoms with van der Waals surface area (Å²) in [6.07, 6.45) is 0.532. The second-order valence-electron chi connectivity index (χ2n) is 7.37. The molecule has 5 heteroatoms. The van der Waals surface area contributed by atoms with Crippen LogP contribution in [0.2, 0.25) is 10.0 Å². The van der Waals surface area contributed by atoms with Crippen LogP contribution in [0.4, 0.5) is 4.39 Å². The van der Waals surface area contributed by atoms with Gasteiger partial charge in [-0.25, -0.2) is 4.39 Å². The number of carbonyl (C=O) groups is 1. The van der Waals surface area contributed by atoms with E-state index in [2.05, 4.69) is 0 Å². The molecule has 0 saturated heterocycles. The summed E-state index contributed by atoms with van der Waals surface area (Å²) in [6.45, 7) is 0.560. The first kappa shape index (κ1) is 21.4. The number of nitrogens with zero attached hydrogens (tertiary/aromatic N) is 1. The number of benzene rings is 4. The van der Waals surface area contributed by atoms with Gasteiger partial charge in [-0.3, -0.25) is 4.79 Å². The number of hydrogen-bond donors (Lipinski definition) is 0. The summed E-state index contributed by atoms with van der Waals surface area (Å²) in [5.41, 5.74) is 1.92. The van der Waals surface area contributed by atoms with Crippen LogP contribution in [-0.4, -0.2) is 17.4 Å². The van der Waals surface area contributed by atoms with E-state index in [0.717, 1.165) is 16.3 Å². The molecule has 4 rings (SSSR count). The molecule has 0 N–H and O–H groups in total. The van der Waals surface area contributed by atoms with E-state index in [9.17, 15) is 9.18 Å². The molecule has 0 radical (unpaired) electrons. The molecule has 0 heterocycles. The van der Waals surface area contributed by atoms with Crippen LogP contribution in [0.3, 0.4) is 0 Å². The zero-order valence-electron chi connectivity index (χ0n) is 16.7. The standard InChI is InChI=1S/C26H20Cl2FNO/c27-23-12-11-19(24(28)16-23)13-14-30(17-22-7-3-4-8-25(22)29)26(31)21-10-9-18-5-1-2-6-20(18)15-21/h1-12,15-16H,13-14,17H2. The van der Waals surface area contributed by atoms with Crippen molar-refractivity contribution < 1.29 is 9.18 Å². The van der Waals surface area contributed by atoms with Crippen molar-refractivity contribution in [2.24, 2.45) is 0 Å². The van der Waals surface area contributed by atoms with Gasteiger partial charge < -0.3 is 4.90 Å². The number of hydrogen-bond acceptors (Lipinski definition) is 1. The average Bonchev–Trinajstić information content (AvgIpc) is 2.78. The first-order valence-electron chi connectivity index (χ1n) is 9.97. The molecule has 0 saturated carbocycles. The number of fused-ring (bicyclic) bond motifs is 1. The van der Waals surface area contributed by atoms with Gasteiger partial charge in [0.2, 0.25) is 0 Å². The van der Waals surface area contributed by atoms with E-state index in [-0.39, 0.29) is 18.3 Å². The summed E-state index contributed by atoms with van der Waals surface area (Å²) < 4.78 is 14.3. The topological polar surface area (TPSA) is 20.3 Å². The van der Waals surface area contributed by atoms with Gasteiger partial charge in [0, 0.05) is 34.3 Å². The highest BCUT2D eigenvalue weighted by Crippen LogP contribution is 2.23. The molecule has 2 nitrogen and oxygen atoms in total. The molecule has 1 amide bonds. The smallest absolute Gasteiger partial charge is 0.254 e. The lowest BCUT2D eigenvalue weighted by molar-refractivity contribution is 0.0743. The van der Waals surface area contributed by atoms with Crippen LogP contribution in [0.1, 0.15) is 21.5 Å². The number of carbonyl (C=O) groups excluding carboxylic acids is 1. The van der Waals surface area contributed by atoms with Gasteiger partial charge in [0.25, 0.3) is 5.91 Å². The Bertz CT molecular complexity index is 1240. The van der Waals surface area contributed by atoms with Crippen molar-refractivity contribution in [2.45, 2.75) is 13.0 Å². The van der Waals surface area contributed by atoms with Gasteiger partial charge in [0.15, 0.2) is 0 Å². The average molecular weight is 452 g/mol. The monoisotopic (exact) mass is 451 g/mol. The fourth-order valence-corrected chi connectivity index (χ4v) is 4.07. The van der Waals surface area contributed by atoms with Gasteiger partial charge in [-0.1, -0.05) is 77.8 Å². The lowest BCUT2D eigenvalue weighted by Crippen LogP contribution is -2.33. The lowest BCUT2D eigenvalue weighted by atomic mass is 10.1. The largest absolute Gasteiger partial charge is 0.334 e. The Kier molecular flexibility index (Phi) is 6.55. The zero-order valence-corrected chi connectivity index (χ0v) is 18.2. The first-order chi connectivity index (χ1) is 15.0. The summed E-state index contributed by atoms with van der Waals surface area (Å²) in [4.78, 5) is 15.1. The van der Waals surface area contributed by atoms with Crippen LogP contribution < -0.4 is 0 Å². The van der Waals surface area contributed by atoms with Crippen LogP contribution in [0.25, 0.3) is 10.8 Å². The molecule has 4 aromatic carbocycles. The van der Waals surface area contributed by atoms with Crippen molar-refractivity contribution in [2.75, 3.05) is 6.54 Å². The van der Waals surface area contributed by atoms with E-state index < -0.39 is 0 Å². The Balaban J connectivity index is 1.63. The van der Waals surface area contributed by atoms with E-state index in [1.54, 1.807) is 35.2 Å². The fraction of sp³-hybridized carbons (Fsp3) is 0.115. The lowest BCUT2D eigenvalue weighted by Gasteiger charge is -2.24. The summed E-state index contributed by atoms with van der Waals surface area (Å²) in [5.74, 6) is -0.484. The Morgan fingerprint density at radius 1 is 0.806 bits per heavy atom. The first-order valence-corrected chi connectivity index (χ1v) is 10.7. The summed E-state index contributed by atoms with van der Waals surface area (Å²) >= 11 is 12.3. The highest BCUT2D eigenvalue weighted by atomic mass is 35.5. The van der Waals surface area contributed by atoms with Gasteiger partial charge >= 0.3 is 0 Å². The van der Waals surface area contributed by atoms with Crippen molar-refractivity contribution >= 4 is 39.9 Å². The Morgan fingerprint density at radius 3 is 2.32 bits per heavy atom. The number of amides is 1. The summed E-state index contributed by atoms with van der Waals surface area (Å²) in [5, 5.41) is 3.16. The van der Waals surface area contributed by atoms with Gasteiger partial charge in [-0.05, 0) is 53.1 Å². The molecule has 0 aliphatic heterocycles. The molecule has 0 aliphatic rings. The molecular formula is C26H20Cl2FNO. The molecule has 4 aromatic rings. The van der Waals surface area contributed by atoms with Crippen molar-refractivity contribution in [3.05, 3.63) is 117 Å². The Labute approximate surface area is 190 Å². The molecule has 0 unspecified atom stereocenters. The minimum atomic E-state index is -0.330. The molecule has 156 valence electrons. The van der Waals surface area contributed by atoms with Crippen molar-refractivity contribution in [3.63, 3.8) is 0 Å². The maximum absolute atomic E-state index is 14.3. The highest BCUT2D eigenvalue weighted by Gasteiger charge is 2.18. The number of halogens is 3. The second-order valence-corrected chi connectivity index (χ2v) is 8.21. The normalized spacial score (nSPS) is 10.9. The molecule has 0 aliphatic carbocycles. The fourth-order valence-electron chi connectivity index (χ4n) is 3.57. The quantitative estimate of drug-likeness (QED) is 0.304. The molecular weight excluding hydrogens is 432 g/mol. The van der Waals surface area contributed by atoms with Gasteiger partial charge in [0.05, 0.1) is 0 Å². The molecule has 31 heavy (non-hydrogen) atoms. The summed E-state index contributed by atoms with van der Waals surface area (Å²) in [6, 6.07) is 25.3. The Hall–Kier alpha value is -2.88. The molecule has 0 spiro atoms. The zero-order chi connectivity index (χ0) is 21.8. The van der Waals surface area contributed by atoms with Gasteiger partial charge in [-0.15, -0.1) is 0 Å². The van der Waals surface area contributed by atoms with E-state index in [1.165, 1.54) is 6.07 Å². The third kappa shape index (κ3) is 5.07. The van der Waals surface area contributed by atoms with E-state index in [1.807, 2.05) is 48.5 Å². The highest BCUT2D eigenvalue weighted by molar-refractivity contribution is 6.35. The van der Waals surface area contributed by atoms with Gasteiger partial charge in [0.1, 0.15) is 5.82 Å². The third-order valence-corrected chi connectivity index (χ3v) is 5.86. The van der Waals surface area contributed by atoms with Crippen LogP contribution >= 0.6 is 23.2 Å². The van der Waals surface area contributed by atoms with Crippen molar-refractivity contribution in [3.8, 4) is 0 Å². The van der Waals surface area contributed by atoms with E-state index in [4.69, 9.17) is 23.2 Å². The van der Waals surface area contributed by atoms with Crippen molar-refractivity contribution in [1.29, 1.82) is 0 Å². The van der Waals surface area contributed by atoms with Gasteiger partial charge in [-0.2, -0.15) is 0 Å². The minimum absolute atomic E-state index is 0.154. The number of rotatable bonds is 6. The molecule has 0 fully saturated rings.